The summed E-state index contributed by atoms with van der Waals surface area (Å²) >= 11 is 0. The van der Waals surface area contributed by atoms with Crippen LogP contribution in [0.1, 0.15) is 19.8 Å². The average Bonchev–Trinajstić information content (AvgIpc) is 2.46. The van der Waals surface area contributed by atoms with Crippen molar-refractivity contribution in [2.75, 3.05) is 31.7 Å². The summed E-state index contributed by atoms with van der Waals surface area (Å²) in [4.78, 5) is 2.14. The summed E-state index contributed by atoms with van der Waals surface area (Å²) in [6.07, 6.45) is 1.84. The van der Waals surface area contributed by atoms with Gasteiger partial charge in [-0.2, -0.15) is 0 Å². The van der Waals surface area contributed by atoms with E-state index < -0.39 is 0 Å². The molecule has 5 heteroatoms. The number of benzene rings is 1. The zero-order valence-electron chi connectivity index (χ0n) is 12.1. The lowest BCUT2D eigenvalue weighted by Gasteiger charge is -2.33. The molecule has 2 rings (SSSR count). The predicted molar refractivity (Wildman–Crippen MR) is 77.8 cm³/mol. The number of ether oxygens (including phenoxy) is 2. The van der Waals surface area contributed by atoms with Crippen LogP contribution < -0.4 is 15.4 Å². The van der Waals surface area contributed by atoms with Crippen LogP contribution in [-0.4, -0.2) is 39.0 Å². The maximum atomic E-state index is 13.5. The van der Waals surface area contributed by atoms with Crippen LogP contribution in [0.4, 0.5) is 10.1 Å². The second-order valence-electron chi connectivity index (χ2n) is 5.29. The Bertz CT molecular complexity index is 434. The first-order valence-electron chi connectivity index (χ1n) is 7.06. The van der Waals surface area contributed by atoms with Gasteiger partial charge in [-0.05, 0) is 31.9 Å². The van der Waals surface area contributed by atoms with Crippen LogP contribution in [0, 0.1) is 5.82 Å². The van der Waals surface area contributed by atoms with Gasteiger partial charge in [0.2, 0.25) is 0 Å². The average molecular weight is 282 g/mol. The second kappa shape index (κ2) is 6.90. The molecule has 1 aliphatic rings. The van der Waals surface area contributed by atoms with Gasteiger partial charge in [-0.15, -0.1) is 0 Å². The number of piperidine rings is 1. The Morgan fingerprint density at radius 1 is 1.40 bits per heavy atom. The monoisotopic (exact) mass is 282 g/mol. The van der Waals surface area contributed by atoms with Crippen LogP contribution in [0.5, 0.6) is 5.75 Å². The molecule has 2 N–H and O–H groups in total. The van der Waals surface area contributed by atoms with E-state index in [1.54, 1.807) is 13.2 Å². The van der Waals surface area contributed by atoms with Gasteiger partial charge in [-0.25, -0.2) is 4.39 Å². The maximum Gasteiger partial charge on any atom is 0.142 e. The van der Waals surface area contributed by atoms with Crippen LogP contribution in [0.15, 0.2) is 18.2 Å². The Hall–Kier alpha value is -1.33. The van der Waals surface area contributed by atoms with E-state index in [-0.39, 0.29) is 18.0 Å². The number of rotatable bonds is 5. The molecule has 1 atom stereocenters. The van der Waals surface area contributed by atoms with E-state index in [0.29, 0.717) is 12.4 Å². The molecule has 4 nitrogen and oxygen atoms in total. The minimum Gasteiger partial charge on any atom is -0.489 e. The van der Waals surface area contributed by atoms with Crippen LogP contribution in [0.3, 0.4) is 0 Å². The summed E-state index contributed by atoms with van der Waals surface area (Å²) in [7, 11) is 1.64. The van der Waals surface area contributed by atoms with Gasteiger partial charge in [0.15, 0.2) is 0 Å². The Balaban J connectivity index is 2.11. The van der Waals surface area contributed by atoms with Crippen molar-refractivity contribution >= 4 is 5.69 Å². The zero-order chi connectivity index (χ0) is 14.5. The van der Waals surface area contributed by atoms with Crippen LogP contribution >= 0.6 is 0 Å². The van der Waals surface area contributed by atoms with Crippen molar-refractivity contribution in [1.29, 1.82) is 0 Å². The standard InChI is InChI=1S/C15H23FN2O2/c1-11(19-2)10-20-15-4-3-12(16)9-14(15)18-7-5-13(17)6-8-18/h3-4,9,11,13H,5-8,10,17H2,1-2H3. The molecule has 1 aliphatic heterocycles. The predicted octanol–water partition coefficient (Wildman–Crippen LogP) is 2.17. The smallest absolute Gasteiger partial charge is 0.142 e. The lowest BCUT2D eigenvalue weighted by molar-refractivity contribution is 0.0718. The number of methoxy groups -OCH3 is 1. The number of nitrogens with two attached hydrogens (primary N) is 1. The molecule has 0 amide bonds. The molecule has 1 fully saturated rings. The van der Waals surface area contributed by atoms with Gasteiger partial charge in [0.1, 0.15) is 18.2 Å². The highest BCUT2D eigenvalue weighted by Gasteiger charge is 2.20. The summed E-state index contributed by atoms with van der Waals surface area (Å²) in [6.45, 7) is 4.05. The molecule has 1 saturated heterocycles. The number of halogens is 1. The highest BCUT2D eigenvalue weighted by molar-refractivity contribution is 5.59. The van der Waals surface area contributed by atoms with Gasteiger partial charge in [0.25, 0.3) is 0 Å². The first-order chi connectivity index (χ1) is 9.60. The topological polar surface area (TPSA) is 47.7 Å². The molecule has 1 aromatic rings. The molecule has 112 valence electrons. The summed E-state index contributed by atoms with van der Waals surface area (Å²) in [6, 6.07) is 4.88. The van der Waals surface area contributed by atoms with Crippen molar-refractivity contribution in [1.82, 2.24) is 0 Å². The van der Waals surface area contributed by atoms with Gasteiger partial charge >= 0.3 is 0 Å². The van der Waals surface area contributed by atoms with Gasteiger partial charge in [0.05, 0.1) is 11.8 Å². The zero-order valence-corrected chi connectivity index (χ0v) is 12.1. The summed E-state index contributed by atoms with van der Waals surface area (Å²) in [5.74, 6) is 0.452. The van der Waals surface area contributed by atoms with Crippen molar-refractivity contribution in [2.24, 2.45) is 5.73 Å². The summed E-state index contributed by atoms with van der Waals surface area (Å²) in [5.41, 5.74) is 6.72. The summed E-state index contributed by atoms with van der Waals surface area (Å²) < 4.78 is 24.4. The molecule has 0 bridgehead atoms. The van der Waals surface area contributed by atoms with Crippen molar-refractivity contribution < 1.29 is 13.9 Å². The fourth-order valence-electron chi connectivity index (χ4n) is 2.28. The molecule has 20 heavy (non-hydrogen) atoms. The first-order valence-corrected chi connectivity index (χ1v) is 7.06. The quantitative estimate of drug-likeness (QED) is 0.899. The highest BCUT2D eigenvalue weighted by atomic mass is 19.1. The Morgan fingerprint density at radius 3 is 2.75 bits per heavy atom. The molecule has 0 aromatic heterocycles. The SMILES string of the molecule is COC(C)COc1ccc(F)cc1N1CCC(N)CC1. The number of anilines is 1. The Labute approximate surface area is 119 Å². The Morgan fingerprint density at radius 2 is 2.10 bits per heavy atom. The van der Waals surface area contributed by atoms with Gasteiger partial charge in [-0.1, -0.05) is 0 Å². The minimum absolute atomic E-state index is 0.00248. The van der Waals surface area contributed by atoms with E-state index in [4.69, 9.17) is 15.2 Å². The first kappa shape index (κ1) is 15.1. The summed E-state index contributed by atoms with van der Waals surface area (Å²) in [5, 5.41) is 0. The molecule has 0 spiro atoms. The van der Waals surface area contributed by atoms with Gasteiger partial charge in [-0.3, -0.25) is 0 Å². The lowest BCUT2D eigenvalue weighted by atomic mass is 10.1. The molecule has 0 radical (unpaired) electrons. The number of hydrogen-bond donors (Lipinski definition) is 1. The number of hydrogen-bond acceptors (Lipinski definition) is 4. The van der Waals surface area contributed by atoms with E-state index in [9.17, 15) is 4.39 Å². The largest absolute Gasteiger partial charge is 0.489 e. The second-order valence-corrected chi connectivity index (χ2v) is 5.29. The Kier molecular flexibility index (Phi) is 5.20. The lowest BCUT2D eigenvalue weighted by Crippen LogP contribution is -2.39. The fraction of sp³-hybridized carbons (Fsp3) is 0.600. The molecule has 0 aliphatic carbocycles. The van der Waals surface area contributed by atoms with Crippen molar-refractivity contribution in [3.63, 3.8) is 0 Å². The highest BCUT2D eigenvalue weighted by Crippen LogP contribution is 2.31. The maximum absolute atomic E-state index is 13.5. The molecule has 1 aromatic carbocycles. The fourth-order valence-corrected chi connectivity index (χ4v) is 2.28. The molecular weight excluding hydrogens is 259 g/mol. The van der Waals surface area contributed by atoms with Crippen molar-refractivity contribution in [2.45, 2.75) is 31.9 Å². The number of nitrogens with zero attached hydrogens (tertiary/aromatic N) is 1. The van der Waals surface area contributed by atoms with E-state index in [2.05, 4.69) is 4.90 Å². The van der Waals surface area contributed by atoms with E-state index in [1.165, 1.54) is 12.1 Å². The third-order valence-corrected chi connectivity index (χ3v) is 3.68. The van der Waals surface area contributed by atoms with E-state index in [0.717, 1.165) is 31.6 Å². The normalized spacial score (nSPS) is 18.1. The van der Waals surface area contributed by atoms with E-state index in [1.807, 2.05) is 6.92 Å². The molecule has 0 saturated carbocycles. The molecular formula is C15H23FN2O2. The third kappa shape index (κ3) is 3.84. The molecule has 1 heterocycles. The van der Waals surface area contributed by atoms with Crippen LogP contribution in [0.25, 0.3) is 0 Å². The third-order valence-electron chi connectivity index (χ3n) is 3.68. The van der Waals surface area contributed by atoms with Crippen LogP contribution in [0.2, 0.25) is 0 Å². The molecule has 1 unspecified atom stereocenters. The minimum atomic E-state index is -0.248. The van der Waals surface area contributed by atoms with Crippen LogP contribution in [-0.2, 0) is 4.74 Å². The van der Waals surface area contributed by atoms with Crippen molar-refractivity contribution in [3.8, 4) is 5.75 Å². The van der Waals surface area contributed by atoms with E-state index >= 15 is 0 Å². The van der Waals surface area contributed by atoms with Crippen molar-refractivity contribution in [3.05, 3.63) is 24.0 Å². The van der Waals surface area contributed by atoms with Gasteiger partial charge < -0.3 is 20.1 Å². The van der Waals surface area contributed by atoms with Gasteiger partial charge in [0, 0.05) is 32.3 Å².